The lowest BCUT2D eigenvalue weighted by Gasteiger charge is -2.16. The maximum Gasteiger partial charge on any atom is 0.0478 e. The SMILES string of the molecule is CCOCCCN(C)CCC(C)Cl. The molecule has 2 nitrogen and oxygen atoms in total. The summed E-state index contributed by atoms with van der Waals surface area (Å²) in [5, 5.41) is 0.286. The van der Waals surface area contributed by atoms with E-state index in [0.717, 1.165) is 39.1 Å². The maximum atomic E-state index is 5.85. The Morgan fingerprint density at radius 2 is 2.08 bits per heavy atom. The van der Waals surface area contributed by atoms with E-state index in [1.807, 2.05) is 13.8 Å². The van der Waals surface area contributed by atoms with Gasteiger partial charge < -0.3 is 9.64 Å². The summed E-state index contributed by atoms with van der Waals surface area (Å²) in [4.78, 5) is 2.30. The first-order valence-corrected chi connectivity index (χ1v) is 5.50. The van der Waals surface area contributed by atoms with Crippen LogP contribution in [0.1, 0.15) is 26.7 Å². The standard InChI is InChI=1S/C10H22ClNO/c1-4-13-9-5-7-12(3)8-6-10(2)11/h10H,4-9H2,1-3H3. The molecule has 0 saturated carbocycles. The molecule has 0 fully saturated rings. The molecule has 1 atom stereocenters. The van der Waals surface area contributed by atoms with Crippen molar-refractivity contribution in [3.05, 3.63) is 0 Å². The second-order valence-corrected chi connectivity index (χ2v) is 4.17. The summed E-state index contributed by atoms with van der Waals surface area (Å²) in [6.45, 7) is 7.94. The van der Waals surface area contributed by atoms with Crippen LogP contribution in [0.2, 0.25) is 0 Å². The van der Waals surface area contributed by atoms with Crippen molar-refractivity contribution in [2.75, 3.05) is 33.4 Å². The predicted molar refractivity (Wildman–Crippen MR) is 58.5 cm³/mol. The Hall–Kier alpha value is 0.210. The van der Waals surface area contributed by atoms with Crippen molar-refractivity contribution in [1.82, 2.24) is 4.90 Å². The number of alkyl halides is 1. The van der Waals surface area contributed by atoms with E-state index < -0.39 is 0 Å². The van der Waals surface area contributed by atoms with Gasteiger partial charge in [0.25, 0.3) is 0 Å². The van der Waals surface area contributed by atoms with Crippen LogP contribution in [0, 0.1) is 0 Å². The molecule has 13 heavy (non-hydrogen) atoms. The minimum absolute atomic E-state index is 0.286. The monoisotopic (exact) mass is 207 g/mol. The van der Waals surface area contributed by atoms with Gasteiger partial charge in [0.15, 0.2) is 0 Å². The van der Waals surface area contributed by atoms with Crippen LogP contribution in [0.25, 0.3) is 0 Å². The third-order valence-corrected chi connectivity index (χ3v) is 2.16. The first-order valence-electron chi connectivity index (χ1n) is 5.07. The molecule has 0 aromatic heterocycles. The van der Waals surface area contributed by atoms with Gasteiger partial charge in [-0.3, -0.25) is 0 Å². The minimum atomic E-state index is 0.286. The van der Waals surface area contributed by atoms with Crippen LogP contribution in [0.15, 0.2) is 0 Å². The van der Waals surface area contributed by atoms with Gasteiger partial charge in [-0.1, -0.05) is 0 Å². The average molecular weight is 208 g/mol. The van der Waals surface area contributed by atoms with Crippen molar-refractivity contribution >= 4 is 11.6 Å². The summed E-state index contributed by atoms with van der Waals surface area (Å²) in [6.07, 6.45) is 2.17. The van der Waals surface area contributed by atoms with Crippen LogP contribution in [0.4, 0.5) is 0 Å². The Kier molecular flexibility index (Phi) is 8.93. The van der Waals surface area contributed by atoms with Gasteiger partial charge in [0.1, 0.15) is 0 Å². The lowest BCUT2D eigenvalue weighted by atomic mass is 10.3. The Balaban J connectivity index is 3.15. The molecule has 0 spiro atoms. The lowest BCUT2D eigenvalue weighted by Crippen LogP contribution is -2.23. The summed E-state index contributed by atoms with van der Waals surface area (Å²) in [5.41, 5.74) is 0. The van der Waals surface area contributed by atoms with E-state index in [2.05, 4.69) is 11.9 Å². The van der Waals surface area contributed by atoms with Gasteiger partial charge in [0.05, 0.1) is 0 Å². The molecule has 1 unspecified atom stereocenters. The van der Waals surface area contributed by atoms with E-state index in [1.165, 1.54) is 0 Å². The Labute approximate surface area is 87.2 Å². The maximum absolute atomic E-state index is 5.85. The van der Waals surface area contributed by atoms with Crippen LogP contribution in [0.3, 0.4) is 0 Å². The summed E-state index contributed by atoms with van der Waals surface area (Å²) < 4.78 is 5.26. The zero-order valence-corrected chi connectivity index (χ0v) is 9.81. The van der Waals surface area contributed by atoms with Crippen LogP contribution >= 0.6 is 11.6 Å². The Bertz CT molecular complexity index is 109. The normalized spacial score (nSPS) is 13.6. The molecule has 0 aliphatic heterocycles. The second kappa shape index (κ2) is 8.79. The van der Waals surface area contributed by atoms with Gasteiger partial charge in [-0.05, 0) is 40.3 Å². The van der Waals surface area contributed by atoms with Gasteiger partial charge in [-0.15, -0.1) is 11.6 Å². The molecular formula is C10H22ClNO. The third kappa shape index (κ3) is 10.1. The van der Waals surface area contributed by atoms with E-state index in [-0.39, 0.29) is 5.38 Å². The van der Waals surface area contributed by atoms with Crippen LogP contribution in [-0.2, 0) is 4.74 Å². The van der Waals surface area contributed by atoms with Gasteiger partial charge >= 0.3 is 0 Å². The molecule has 0 radical (unpaired) electrons. The van der Waals surface area contributed by atoms with Crippen molar-refractivity contribution in [3.63, 3.8) is 0 Å². The topological polar surface area (TPSA) is 12.5 Å². The van der Waals surface area contributed by atoms with Crippen LogP contribution in [-0.4, -0.2) is 43.6 Å². The third-order valence-electron chi connectivity index (χ3n) is 1.94. The molecule has 3 heteroatoms. The van der Waals surface area contributed by atoms with E-state index in [0.29, 0.717) is 0 Å². The van der Waals surface area contributed by atoms with Gasteiger partial charge in [-0.25, -0.2) is 0 Å². The number of halogens is 1. The Morgan fingerprint density at radius 1 is 1.38 bits per heavy atom. The number of nitrogens with zero attached hydrogens (tertiary/aromatic N) is 1. The highest BCUT2D eigenvalue weighted by Crippen LogP contribution is 2.01. The molecule has 0 aromatic carbocycles. The molecule has 80 valence electrons. The summed E-state index contributed by atoms with van der Waals surface area (Å²) in [5.74, 6) is 0. The molecule has 0 aliphatic carbocycles. The quantitative estimate of drug-likeness (QED) is 0.448. The molecule has 0 amide bonds. The van der Waals surface area contributed by atoms with Crippen molar-refractivity contribution in [2.24, 2.45) is 0 Å². The highest BCUT2D eigenvalue weighted by molar-refractivity contribution is 6.20. The summed E-state index contributed by atoms with van der Waals surface area (Å²) >= 11 is 5.85. The van der Waals surface area contributed by atoms with Crippen LogP contribution in [0.5, 0.6) is 0 Å². The highest BCUT2D eigenvalue weighted by Gasteiger charge is 2.00. The summed E-state index contributed by atoms with van der Waals surface area (Å²) in [7, 11) is 2.13. The second-order valence-electron chi connectivity index (χ2n) is 3.42. The van der Waals surface area contributed by atoms with Crippen molar-refractivity contribution < 1.29 is 4.74 Å². The zero-order chi connectivity index (χ0) is 10.1. The van der Waals surface area contributed by atoms with E-state index >= 15 is 0 Å². The first-order chi connectivity index (χ1) is 6.16. The molecule has 0 rings (SSSR count). The van der Waals surface area contributed by atoms with Crippen molar-refractivity contribution in [1.29, 1.82) is 0 Å². The predicted octanol–water partition coefficient (Wildman–Crippen LogP) is 2.36. The molecule has 0 bridgehead atoms. The largest absolute Gasteiger partial charge is 0.382 e. The number of ether oxygens (including phenoxy) is 1. The van der Waals surface area contributed by atoms with E-state index in [9.17, 15) is 0 Å². The fourth-order valence-corrected chi connectivity index (χ4v) is 1.19. The molecular weight excluding hydrogens is 186 g/mol. The van der Waals surface area contributed by atoms with Crippen molar-refractivity contribution in [2.45, 2.75) is 32.1 Å². The summed E-state index contributed by atoms with van der Waals surface area (Å²) in [6, 6.07) is 0. The number of hydrogen-bond acceptors (Lipinski definition) is 2. The van der Waals surface area contributed by atoms with E-state index in [1.54, 1.807) is 0 Å². The van der Waals surface area contributed by atoms with Crippen molar-refractivity contribution in [3.8, 4) is 0 Å². The van der Waals surface area contributed by atoms with Gasteiger partial charge in [-0.2, -0.15) is 0 Å². The Morgan fingerprint density at radius 3 is 2.62 bits per heavy atom. The van der Waals surface area contributed by atoms with Crippen LogP contribution < -0.4 is 0 Å². The smallest absolute Gasteiger partial charge is 0.0478 e. The highest BCUT2D eigenvalue weighted by atomic mass is 35.5. The average Bonchev–Trinajstić information content (AvgIpc) is 2.09. The molecule has 0 heterocycles. The first kappa shape index (κ1) is 13.2. The number of rotatable bonds is 8. The molecule has 0 saturated heterocycles. The molecule has 0 N–H and O–H groups in total. The zero-order valence-electron chi connectivity index (χ0n) is 9.05. The van der Waals surface area contributed by atoms with Gasteiger partial charge in [0.2, 0.25) is 0 Å². The molecule has 0 aliphatic rings. The molecule has 0 aromatic rings. The lowest BCUT2D eigenvalue weighted by molar-refractivity contribution is 0.135. The fraction of sp³-hybridized carbons (Fsp3) is 1.00. The van der Waals surface area contributed by atoms with Gasteiger partial charge in [0, 0.05) is 25.1 Å². The number of hydrogen-bond donors (Lipinski definition) is 0. The van der Waals surface area contributed by atoms with E-state index in [4.69, 9.17) is 16.3 Å². The minimum Gasteiger partial charge on any atom is -0.382 e. The fourth-order valence-electron chi connectivity index (χ4n) is 1.09.